The summed E-state index contributed by atoms with van der Waals surface area (Å²) in [5.41, 5.74) is 6.47. The van der Waals surface area contributed by atoms with Gasteiger partial charge in [-0.25, -0.2) is 0 Å². The van der Waals surface area contributed by atoms with Gasteiger partial charge in [-0.05, 0) is 50.7 Å². The summed E-state index contributed by atoms with van der Waals surface area (Å²) >= 11 is -1.92. The van der Waals surface area contributed by atoms with Crippen LogP contribution in [0.3, 0.4) is 0 Å². The molecule has 0 nitrogen and oxygen atoms in total. The average molecular weight is 315 g/mol. The first-order valence-electron chi connectivity index (χ1n) is 5.52. The molecule has 2 aliphatic rings. The third-order valence-electron chi connectivity index (χ3n) is 3.50. The third kappa shape index (κ3) is 3.78. The van der Waals surface area contributed by atoms with Crippen LogP contribution >= 0.6 is 27.9 Å². The first-order chi connectivity index (χ1) is 7.45. The second-order valence-electron chi connectivity index (χ2n) is 4.25. The van der Waals surface area contributed by atoms with Crippen LogP contribution in [0.25, 0.3) is 0 Å². The van der Waals surface area contributed by atoms with Gasteiger partial charge in [0.1, 0.15) is 0 Å². The van der Waals surface area contributed by atoms with Crippen molar-refractivity contribution in [3.63, 3.8) is 0 Å². The molecule has 0 saturated carbocycles. The van der Waals surface area contributed by atoms with Crippen molar-refractivity contribution in [2.75, 3.05) is 0 Å². The molecule has 0 amide bonds. The molecule has 0 spiro atoms. The van der Waals surface area contributed by atoms with E-state index in [1.165, 1.54) is 25.7 Å². The monoisotopic (exact) mass is 314 g/mol. The standard InChI is InChI=1S/C12H17.3ClH.Ti/c1-8-9(2)11-6-4-5-7-12(11)10(8)3;;;;/h4-7H2,1-3H3;3*1H;/q;;;;+3/p-3. The van der Waals surface area contributed by atoms with Gasteiger partial charge < -0.3 is 0 Å². The molecule has 0 aromatic rings. The molecule has 0 N–H and O–H groups in total. The van der Waals surface area contributed by atoms with E-state index in [2.05, 4.69) is 20.8 Å². The SMILES string of the molecule is C[C]1C(C)=C(C)C2=C1CCCC2.[Cl][Ti]([Cl])[Cl]. The van der Waals surface area contributed by atoms with Crippen molar-refractivity contribution in [1.82, 2.24) is 0 Å². The fraction of sp³-hybridized carbons (Fsp3) is 0.583. The molecule has 16 heavy (non-hydrogen) atoms. The Hall–Kier alpha value is 1.06. The Labute approximate surface area is 116 Å². The Morgan fingerprint density at radius 2 is 1.25 bits per heavy atom. The zero-order valence-electron chi connectivity index (χ0n) is 9.96. The molecule has 4 heteroatoms. The van der Waals surface area contributed by atoms with E-state index in [0.717, 1.165) is 0 Å². The number of hydrogen-bond acceptors (Lipinski definition) is 0. The summed E-state index contributed by atoms with van der Waals surface area (Å²) in [7, 11) is 14.9. The zero-order valence-corrected chi connectivity index (χ0v) is 13.8. The van der Waals surface area contributed by atoms with E-state index in [9.17, 15) is 0 Å². The molecule has 0 unspecified atom stereocenters. The maximum absolute atomic E-state index is 4.97. The molecule has 0 heterocycles. The summed E-state index contributed by atoms with van der Waals surface area (Å²) in [6.45, 7) is 6.84. The number of rotatable bonds is 0. The fourth-order valence-electron chi connectivity index (χ4n) is 2.47. The van der Waals surface area contributed by atoms with Crippen LogP contribution < -0.4 is 0 Å². The molecule has 0 aliphatic heterocycles. The van der Waals surface area contributed by atoms with E-state index in [-0.39, 0.29) is 0 Å². The minimum atomic E-state index is -1.92. The van der Waals surface area contributed by atoms with Crippen LogP contribution in [0.2, 0.25) is 0 Å². The van der Waals surface area contributed by atoms with Gasteiger partial charge in [0.15, 0.2) is 0 Å². The van der Waals surface area contributed by atoms with E-state index < -0.39 is 14.7 Å². The summed E-state index contributed by atoms with van der Waals surface area (Å²) in [5, 5.41) is 0. The fourth-order valence-corrected chi connectivity index (χ4v) is 2.47. The molecule has 90 valence electrons. The maximum atomic E-state index is 4.97. The Bertz CT molecular complexity index is 315. The molecule has 0 fully saturated rings. The van der Waals surface area contributed by atoms with Crippen LogP contribution in [0.1, 0.15) is 46.5 Å². The number of halogens is 3. The van der Waals surface area contributed by atoms with Gasteiger partial charge in [-0.1, -0.05) is 18.1 Å². The number of allylic oxidation sites excluding steroid dienone is 4. The summed E-state index contributed by atoms with van der Waals surface area (Å²) in [6.07, 6.45) is 5.46. The molecule has 0 saturated heterocycles. The first kappa shape index (κ1) is 15.1. The van der Waals surface area contributed by atoms with Crippen LogP contribution in [-0.4, -0.2) is 0 Å². The van der Waals surface area contributed by atoms with Gasteiger partial charge >= 0.3 is 42.6 Å². The minimum absolute atomic E-state index is 1.33. The second-order valence-corrected chi connectivity index (χ2v) is 12.0. The molecule has 0 atom stereocenters. The Balaban J connectivity index is 0.000000280. The average Bonchev–Trinajstić information content (AvgIpc) is 2.44. The number of hydrogen-bond donors (Lipinski definition) is 0. The molecule has 0 aromatic carbocycles. The van der Waals surface area contributed by atoms with Gasteiger partial charge in [0.05, 0.1) is 0 Å². The van der Waals surface area contributed by atoms with Gasteiger partial charge in [-0.3, -0.25) is 0 Å². The summed E-state index contributed by atoms with van der Waals surface area (Å²) in [5.74, 6) is 1.57. The molecular formula is C12H17Cl3Ti. The van der Waals surface area contributed by atoms with Crippen molar-refractivity contribution in [1.29, 1.82) is 0 Å². The van der Waals surface area contributed by atoms with Gasteiger partial charge in [0, 0.05) is 5.92 Å². The van der Waals surface area contributed by atoms with Crippen molar-refractivity contribution < 1.29 is 14.7 Å². The predicted molar refractivity (Wildman–Crippen MR) is 70.3 cm³/mol. The van der Waals surface area contributed by atoms with Crippen LogP contribution in [0.5, 0.6) is 0 Å². The van der Waals surface area contributed by atoms with Crippen molar-refractivity contribution in [2.24, 2.45) is 0 Å². The van der Waals surface area contributed by atoms with Crippen LogP contribution in [0, 0.1) is 5.92 Å². The molecular weight excluding hydrogens is 298 g/mol. The topological polar surface area (TPSA) is 0 Å². The molecule has 2 aliphatic carbocycles. The quantitative estimate of drug-likeness (QED) is 0.491. The van der Waals surface area contributed by atoms with Crippen molar-refractivity contribution >= 4 is 27.9 Å². The van der Waals surface area contributed by atoms with Crippen molar-refractivity contribution in [3.05, 3.63) is 28.2 Å². The van der Waals surface area contributed by atoms with E-state index >= 15 is 0 Å². The molecule has 1 radical (unpaired) electrons. The normalized spacial score (nSPS) is 20.6. The summed E-state index contributed by atoms with van der Waals surface area (Å²) in [6, 6.07) is 0. The third-order valence-corrected chi connectivity index (χ3v) is 3.50. The predicted octanol–water partition coefficient (Wildman–Crippen LogP) is 5.87. The van der Waals surface area contributed by atoms with E-state index in [0.29, 0.717) is 0 Å². The Morgan fingerprint density at radius 1 is 0.812 bits per heavy atom. The van der Waals surface area contributed by atoms with E-state index in [1.54, 1.807) is 28.2 Å². The van der Waals surface area contributed by atoms with Gasteiger partial charge in [-0.2, -0.15) is 0 Å². The van der Waals surface area contributed by atoms with E-state index in [4.69, 9.17) is 27.9 Å². The molecule has 2 rings (SSSR count). The van der Waals surface area contributed by atoms with Gasteiger partial charge in [-0.15, -0.1) is 0 Å². The van der Waals surface area contributed by atoms with Crippen LogP contribution in [0.4, 0.5) is 0 Å². The summed E-state index contributed by atoms with van der Waals surface area (Å²) in [4.78, 5) is 0. The molecule has 0 bridgehead atoms. The molecule has 0 aromatic heterocycles. The first-order valence-corrected chi connectivity index (χ1v) is 12.0. The zero-order chi connectivity index (χ0) is 12.3. The van der Waals surface area contributed by atoms with Gasteiger partial charge in [0.2, 0.25) is 0 Å². The van der Waals surface area contributed by atoms with Crippen LogP contribution in [-0.2, 0) is 14.7 Å². The van der Waals surface area contributed by atoms with Crippen LogP contribution in [0.15, 0.2) is 22.3 Å². The Morgan fingerprint density at radius 3 is 1.69 bits per heavy atom. The van der Waals surface area contributed by atoms with Crippen molar-refractivity contribution in [3.8, 4) is 0 Å². The van der Waals surface area contributed by atoms with Gasteiger partial charge in [0.25, 0.3) is 0 Å². The van der Waals surface area contributed by atoms with Crippen molar-refractivity contribution in [2.45, 2.75) is 46.5 Å². The Kier molecular flexibility index (Phi) is 6.48. The summed E-state index contributed by atoms with van der Waals surface area (Å²) < 4.78 is 0. The van der Waals surface area contributed by atoms with E-state index in [1.807, 2.05) is 0 Å². The second kappa shape index (κ2) is 6.85.